The van der Waals surface area contributed by atoms with Crippen LogP contribution in [0.2, 0.25) is 0 Å². The molecule has 1 aliphatic carbocycles. The average Bonchev–Trinajstić information content (AvgIpc) is 3.05. The molecule has 1 aromatic rings. The van der Waals surface area contributed by atoms with Gasteiger partial charge in [-0.2, -0.15) is 0 Å². The number of rotatable bonds is 6. The first-order valence-corrected chi connectivity index (χ1v) is 9.19. The first kappa shape index (κ1) is 17.4. The molecule has 0 unspecified atom stereocenters. The molecule has 0 amide bonds. The summed E-state index contributed by atoms with van der Waals surface area (Å²) < 4.78 is 1.88. The number of aliphatic hydroxyl groups is 1. The van der Waals surface area contributed by atoms with Crippen LogP contribution in [0.3, 0.4) is 0 Å². The summed E-state index contributed by atoms with van der Waals surface area (Å²) in [5, 5.41) is 17.1. The Morgan fingerprint density at radius 3 is 2.71 bits per heavy atom. The number of hydrogen-bond donors (Lipinski definition) is 1. The first-order chi connectivity index (χ1) is 11.6. The predicted molar refractivity (Wildman–Crippen MR) is 95.3 cm³/mol. The molecule has 132 valence electrons. The van der Waals surface area contributed by atoms with Gasteiger partial charge in [-0.1, -0.05) is 29.0 Å². The Hall–Kier alpha value is -1.46. The summed E-state index contributed by atoms with van der Waals surface area (Å²) in [4.78, 5) is 2.60. The Morgan fingerprint density at radius 2 is 2.12 bits per heavy atom. The van der Waals surface area contributed by atoms with Gasteiger partial charge in [-0.05, 0) is 64.0 Å². The van der Waals surface area contributed by atoms with Crippen LogP contribution in [0.5, 0.6) is 0 Å². The van der Waals surface area contributed by atoms with E-state index in [0.29, 0.717) is 17.5 Å². The van der Waals surface area contributed by atoms with Crippen molar-refractivity contribution < 1.29 is 5.11 Å². The second-order valence-corrected chi connectivity index (χ2v) is 7.49. The SMILES string of the molecule is C=C(C)[C@@H]1CC=C(CN2CCC(Cn3cc(CO)nn3)CC2)CC1. The van der Waals surface area contributed by atoms with E-state index >= 15 is 0 Å². The van der Waals surface area contributed by atoms with Crippen LogP contribution in [0.15, 0.2) is 30.0 Å². The lowest BCUT2D eigenvalue weighted by Crippen LogP contribution is -2.36. The van der Waals surface area contributed by atoms with Crippen LogP contribution in [-0.2, 0) is 13.2 Å². The van der Waals surface area contributed by atoms with Crippen LogP contribution in [0.1, 0.15) is 44.7 Å². The summed E-state index contributed by atoms with van der Waals surface area (Å²) in [6.07, 6.45) is 10.4. The molecule has 2 heterocycles. The van der Waals surface area contributed by atoms with Gasteiger partial charge in [0, 0.05) is 13.1 Å². The van der Waals surface area contributed by atoms with Crippen LogP contribution in [0, 0.1) is 11.8 Å². The van der Waals surface area contributed by atoms with E-state index in [4.69, 9.17) is 5.11 Å². The van der Waals surface area contributed by atoms with E-state index in [1.807, 2.05) is 10.9 Å². The molecular weight excluding hydrogens is 300 g/mol. The lowest BCUT2D eigenvalue weighted by atomic mass is 9.85. The summed E-state index contributed by atoms with van der Waals surface area (Å²) in [5.41, 5.74) is 3.61. The van der Waals surface area contributed by atoms with Crippen molar-refractivity contribution in [3.05, 3.63) is 35.7 Å². The number of hydrogen-bond acceptors (Lipinski definition) is 4. The zero-order valence-corrected chi connectivity index (χ0v) is 14.8. The fourth-order valence-corrected chi connectivity index (χ4v) is 3.86. The summed E-state index contributed by atoms with van der Waals surface area (Å²) in [5.74, 6) is 1.37. The average molecular weight is 330 g/mol. The van der Waals surface area contributed by atoms with Gasteiger partial charge in [0.1, 0.15) is 5.69 Å². The van der Waals surface area contributed by atoms with E-state index in [9.17, 15) is 0 Å². The zero-order chi connectivity index (χ0) is 16.9. The number of likely N-dealkylation sites (tertiary alicyclic amines) is 1. The molecule has 1 saturated heterocycles. The van der Waals surface area contributed by atoms with E-state index < -0.39 is 0 Å². The highest BCUT2D eigenvalue weighted by molar-refractivity contribution is 5.13. The maximum Gasteiger partial charge on any atom is 0.108 e. The van der Waals surface area contributed by atoms with Crippen LogP contribution in [0.25, 0.3) is 0 Å². The molecule has 24 heavy (non-hydrogen) atoms. The molecule has 0 aromatic carbocycles. The first-order valence-electron chi connectivity index (χ1n) is 9.19. The van der Waals surface area contributed by atoms with Crippen LogP contribution < -0.4 is 0 Å². The van der Waals surface area contributed by atoms with Crippen molar-refractivity contribution in [1.29, 1.82) is 0 Å². The van der Waals surface area contributed by atoms with Gasteiger partial charge in [0.05, 0.1) is 12.8 Å². The fraction of sp³-hybridized carbons (Fsp3) is 0.684. The number of piperidine rings is 1. The molecule has 1 atom stereocenters. The Labute approximate surface area is 145 Å². The molecule has 3 rings (SSSR count). The van der Waals surface area contributed by atoms with Gasteiger partial charge in [-0.3, -0.25) is 9.58 Å². The third kappa shape index (κ3) is 4.54. The van der Waals surface area contributed by atoms with E-state index in [1.54, 1.807) is 5.57 Å². The van der Waals surface area contributed by atoms with E-state index in [-0.39, 0.29) is 6.61 Å². The van der Waals surface area contributed by atoms with E-state index in [0.717, 1.165) is 13.1 Å². The minimum Gasteiger partial charge on any atom is -0.390 e. The number of allylic oxidation sites excluding steroid dienone is 2. The molecule has 0 spiro atoms. The van der Waals surface area contributed by atoms with Crippen molar-refractivity contribution in [2.75, 3.05) is 19.6 Å². The summed E-state index contributed by atoms with van der Waals surface area (Å²) in [6.45, 7) is 10.7. The van der Waals surface area contributed by atoms with Gasteiger partial charge in [-0.15, -0.1) is 5.10 Å². The smallest absolute Gasteiger partial charge is 0.108 e. The topological polar surface area (TPSA) is 54.2 Å². The lowest BCUT2D eigenvalue weighted by molar-refractivity contribution is 0.179. The van der Waals surface area contributed by atoms with Crippen LogP contribution >= 0.6 is 0 Å². The van der Waals surface area contributed by atoms with Crippen molar-refractivity contribution in [1.82, 2.24) is 19.9 Å². The van der Waals surface area contributed by atoms with E-state index in [2.05, 4.69) is 34.8 Å². The van der Waals surface area contributed by atoms with Crippen molar-refractivity contribution >= 4 is 0 Å². The quantitative estimate of drug-likeness (QED) is 0.815. The highest BCUT2D eigenvalue weighted by atomic mass is 16.3. The third-order valence-electron chi connectivity index (χ3n) is 5.53. The minimum atomic E-state index is -0.0280. The molecular formula is C19H30N4O. The summed E-state index contributed by atoms with van der Waals surface area (Å²) in [7, 11) is 0. The van der Waals surface area contributed by atoms with Crippen molar-refractivity contribution in [3.8, 4) is 0 Å². The molecule has 0 bridgehead atoms. The van der Waals surface area contributed by atoms with E-state index in [1.165, 1.54) is 50.8 Å². The predicted octanol–water partition coefficient (Wildman–Crippen LogP) is 2.79. The summed E-state index contributed by atoms with van der Waals surface area (Å²) >= 11 is 0. The van der Waals surface area contributed by atoms with Gasteiger partial charge in [0.15, 0.2) is 0 Å². The van der Waals surface area contributed by atoms with Crippen molar-refractivity contribution in [3.63, 3.8) is 0 Å². The molecule has 1 aromatic heterocycles. The standard InChI is InChI=1S/C19H30N4O/c1-15(2)18-5-3-16(4-6-18)11-22-9-7-17(8-10-22)12-23-13-19(14-24)20-21-23/h3,13,17-18,24H,1,4-12,14H2,2H3/t18-/m1/s1. The third-order valence-corrected chi connectivity index (χ3v) is 5.53. The normalized spacial score (nSPS) is 23.2. The molecule has 0 saturated carbocycles. The molecule has 5 heteroatoms. The molecule has 1 aliphatic heterocycles. The highest BCUT2D eigenvalue weighted by Crippen LogP contribution is 2.29. The van der Waals surface area contributed by atoms with Gasteiger partial charge < -0.3 is 5.11 Å². The molecule has 2 aliphatic rings. The number of nitrogens with zero attached hydrogens (tertiary/aromatic N) is 4. The van der Waals surface area contributed by atoms with Gasteiger partial charge in [-0.25, -0.2) is 0 Å². The Balaban J connectivity index is 1.41. The van der Waals surface area contributed by atoms with Crippen LogP contribution in [-0.4, -0.2) is 44.6 Å². The minimum absolute atomic E-state index is 0.0280. The lowest BCUT2D eigenvalue weighted by Gasteiger charge is -2.33. The summed E-state index contributed by atoms with van der Waals surface area (Å²) in [6, 6.07) is 0. The molecule has 1 N–H and O–H groups in total. The molecule has 0 radical (unpaired) electrons. The fourth-order valence-electron chi connectivity index (χ4n) is 3.86. The van der Waals surface area contributed by atoms with Gasteiger partial charge in [0.25, 0.3) is 0 Å². The maximum absolute atomic E-state index is 9.06. The number of aliphatic hydroxyl groups excluding tert-OH is 1. The zero-order valence-electron chi connectivity index (χ0n) is 14.8. The Morgan fingerprint density at radius 1 is 1.33 bits per heavy atom. The Bertz CT molecular complexity index is 584. The van der Waals surface area contributed by atoms with Crippen molar-refractivity contribution in [2.24, 2.45) is 11.8 Å². The Kier molecular flexibility index (Phi) is 5.85. The number of aromatic nitrogens is 3. The molecule has 1 fully saturated rings. The largest absolute Gasteiger partial charge is 0.390 e. The maximum atomic E-state index is 9.06. The van der Waals surface area contributed by atoms with Crippen molar-refractivity contribution in [2.45, 2.75) is 52.2 Å². The highest BCUT2D eigenvalue weighted by Gasteiger charge is 2.22. The second kappa shape index (κ2) is 8.08. The second-order valence-electron chi connectivity index (χ2n) is 7.49. The van der Waals surface area contributed by atoms with Gasteiger partial charge in [0.2, 0.25) is 0 Å². The van der Waals surface area contributed by atoms with Gasteiger partial charge >= 0.3 is 0 Å². The molecule has 5 nitrogen and oxygen atoms in total. The monoisotopic (exact) mass is 330 g/mol. The van der Waals surface area contributed by atoms with Crippen LogP contribution in [0.4, 0.5) is 0 Å².